The molecule has 0 unspecified atom stereocenters. The molecule has 0 spiro atoms. The molecule has 0 saturated heterocycles. The fourth-order valence-electron chi connectivity index (χ4n) is 0.670. The van der Waals surface area contributed by atoms with E-state index < -0.39 is 0 Å². The number of ether oxygens (including phenoxy) is 1. The van der Waals surface area contributed by atoms with Crippen molar-refractivity contribution in [2.75, 3.05) is 7.11 Å². The van der Waals surface area contributed by atoms with Gasteiger partial charge in [0, 0.05) is 5.25 Å². The van der Waals surface area contributed by atoms with Crippen molar-refractivity contribution in [1.82, 2.24) is 20.6 Å². The second kappa shape index (κ2) is 4.80. The minimum Gasteiger partial charge on any atom is -0.469 e. The van der Waals surface area contributed by atoms with Gasteiger partial charge < -0.3 is 4.74 Å². The summed E-state index contributed by atoms with van der Waals surface area (Å²) >= 11 is 1.32. The summed E-state index contributed by atoms with van der Waals surface area (Å²) in [5.41, 5.74) is 0. The molecule has 0 saturated carbocycles. The van der Waals surface area contributed by atoms with Gasteiger partial charge in [0.15, 0.2) is 0 Å². The number of carbonyl (C=O) groups excluding carboxylic acids is 1. The van der Waals surface area contributed by atoms with E-state index >= 15 is 0 Å². The summed E-state index contributed by atoms with van der Waals surface area (Å²) in [5.74, 6) is -0.266. The van der Waals surface area contributed by atoms with Crippen molar-refractivity contribution >= 4 is 17.7 Å². The van der Waals surface area contributed by atoms with E-state index in [1.165, 1.54) is 18.9 Å². The van der Waals surface area contributed by atoms with Gasteiger partial charge >= 0.3 is 5.97 Å². The predicted molar refractivity (Wildman–Crippen MR) is 45.6 cm³/mol. The molecule has 13 heavy (non-hydrogen) atoms. The van der Waals surface area contributed by atoms with Gasteiger partial charge in [-0.3, -0.25) is 4.79 Å². The number of aromatic nitrogens is 4. The van der Waals surface area contributed by atoms with Crippen LogP contribution in [0.1, 0.15) is 13.3 Å². The second-order valence-electron chi connectivity index (χ2n) is 2.26. The molecule has 0 aliphatic carbocycles. The molecule has 1 aromatic heterocycles. The SMILES string of the molecule is COC(=O)C[C](C)Sc1nnn[nH]1. The first-order valence-corrected chi connectivity index (χ1v) is 4.35. The van der Waals surface area contributed by atoms with E-state index in [0.717, 1.165) is 5.25 Å². The van der Waals surface area contributed by atoms with Gasteiger partial charge in [0.1, 0.15) is 0 Å². The number of methoxy groups -OCH3 is 1. The molecule has 0 atom stereocenters. The first-order chi connectivity index (χ1) is 6.22. The Morgan fingerprint density at radius 1 is 1.69 bits per heavy atom. The summed E-state index contributed by atoms with van der Waals surface area (Å²) in [5, 5.41) is 14.5. The molecule has 0 bridgehead atoms. The van der Waals surface area contributed by atoms with Gasteiger partial charge in [-0.05, 0) is 17.4 Å². The fourth-order valence-corrected chi connectivity index (χ4v) is 1.35. The van der Waals surface area contributed by atoms with Crippen LogP contribution in [-0.4, -0.2) is 33.7 Å². The Bertz CT molecular complexity index is 264. The van der Waals surface area contributed by atoms with E-state index in [9.17, 15) is 4.79 Å². The highest BCUT2D eigenvalue weighted by Crippen LogP contribution is 2.27. The Balaban J connectivity index is 2.33. The predicted octanol–water partition coefficient (Wildman–Crippen LogP) is 0.407. The second-order valence-corrected chi connectivity index (χ2v) is 3.55. The van der Waals surface area contributed by atoms with E-state index in [-0.39, 0.29) is 12.4 Å². The molecule has 1 heterocycles. The van der Waals surface area contributed by atoms with E-state index in [1.807, 2.05) is 6.92 Å². The highest BCUT2D eigenvalue weighted by molar-refractivity contribution is 8.01. The number of carbonyl (C=O) groups is 1. The van der Waals surface area contributed by atoms with Crippen molar-refractivity contribution < 1.29 is 9.53 Å². The van der Waals surface area contributed by atoms with Crippen LogP contribution < -0.4 is 0 Å². The molecule has 6 nitrogen and oxygen atoms in total. The molecule has 0 aromatic carbocycles. The minimum absolute atomic E-state index is 0.266. The van der Waals surface area contributed by atoms with E-state index in [0.29, 0.717) is 5.16 Å². The molecular weight excluding hydrogens is 192 g/mol. The molecule has 0 aliphatic heterocycles. The van der Waals surface area contributed by atoms with Crippen LogP contribution in [0, 0.1) is 5.25 Å². The lowest BCUT2D eigenvalue weighted by Gasteiger charge is -2.04. The highest BCUT2D eigenvalue weighted by atomic mass is 32.2. The van der Waals surface area contributed by atoms with Crippen LogP contribution in [0.25, 0.3) is 0 Å². The van der Waals surface area contributed by atoms with Gasteiger partial charge in [0.05, 0.1) is 13.5 Å². The number of aromatic amines is 1. The lowest BCUT2D eigenvalue weighted by molar-refractivity contribution is -0.139. The number of hydrogen-bond acceptors (Lipinski definition) is 6. The third-order valence-corrected chi connectivity index (χ3v) is 2.08. The van der Waals surface area contributed by atoms with Crippen LogP contribution in [0.5, 0.6) is 0 Å². The smallest absolute Gasteiger partial charge is 0.306 e. The third-order valence-electron chi connectivity index (χ3n) is 1.22. The normalized spacial score (nSPS) is 10.4. The Morgan fingerprint density at radius 3 is 3.00 bits per heavy atom. The topological polar surface area (TPSA) is 80.8 Å². The molecule has 0 amide bonds. The van der Waals surface area contributed by atoms with Crippen molar-refractivity contribution in [3.8, 4) is 0 Å². The van der Waals surface area contributed by atoms with Gasteiger partial charge in [-0.15, -0.1) is 5.10 Å². The van der Waals surface area contributed by atoms with Crippen LogP contribution in [0.2, 0.25) is 0 Å². The molecule has 1 aromatic rings. The average Bonchev–Trinajstić information content (AvgIpc) is 2.56. The Kier molecular flexibility index (Phi) is 3.69. The largest absolute Gasteiger partial charge is 0.469 e. The summed E-state index contributed by atoms with van der Waals surface area (Å²) in [7, 11) is 1.36. The number of tetrazole rings is 1. The number of H-pyrrole nitrogens is 1. The zero-order valence-electron chi connectivity index (χ0n) is 7.27. The lowest BCUT2D eigenvalue weighted by atomic mass is 10.3. The van der Waals surface area contributed by atoms with E-state index in [4.69, 9.17) is 0 Å². The van der Waals surface area contributed by atoms with Crippen molar-refractivity contribution in [3.63, 3.8) is 0 Å². The average molecular weight is 201 g/mol. The first-order valence-electron chi connectivity index (χ1n) is 3.53. The third kappa shape index (κ3) is 3.41. The summed E-state index contributed by atoms with van der Waals surface area (Å²) in [6.45, 7) is 1.82. The number of rotatable bonds is 4. The molecule has 1 N–H and O–H groups in total. The van der Waals surface area contributed by atoms with Crippen molar-refractivity contribution in [3.05, 3.63) is 5.25 Å². The van der Waals surface area contributed by atoms with Gasteiger partial charge in [-0.1, -0.05) is 11.8 Å². The number of thioether (sulfide) groups is 1. The van der Waals surface area contributed by atoms with Crippen LogP contribution in [-0.2, 0) is 9.53 Å². The maximum atomic E-state index is 10.8. The molecule has 7 heteroatoms. The van der Waals surface area contributed by atoms with Crippen LogP contribution in [0.3, 0.4) is 0 Å². The molecule has 1 radical (unpaired) electrons. The fraction of sp³-hybridized carbons (Fsp3) is 0.500. The van der Waals surface area contributed by atoms with Gasteiger partial charge in [0.25, 0.3) is 0 Å². The first kappa shape index (κ1) is 9.97. The molecule has 1 rings (SSSR count). The van der Waals surface area contributed by atoms with E-state index in [1.54, 1.807) is 0 Å². The van der Waals surface area contributed by atoms with Gasteiger partial charge in [-0.2, -0.15) is 0 Å². The summed E-state index contributed by atoms with van der Waals surface area (Å²) < 4.78 is 4.51. The minimum atomic E-state index is -0.266. The van der Waals surface area contributed by atoms with Crippen LogP contribution in [0.15, 0.2) is 5.16 Å². The maximum absolute atomic E-state index is 10.8. The molecular formula is C6H9N4O2S. The zero-order valence-corrected chi connectivity index (χ0v) is 8.09. The number of hydrogen-bond donors (Lipinski definition) is 1. The number of nitrogens with zero attached hydrogens (tertiary/aromatic N) is 3. The summed E-state index contributed by atoms with van der Waals surface area (Å²) in [4.78, 5) is 10.8. The van der Waals surface area contributed by atoms with Gasteiger partial charge in [-0.25, -0.2) is 5.10 Å². The monoisotopic (exact) mass is 201 g/mol. The standard InChI is InChI=1S/C6H9N4O2S/c1-4(3-5(11)12-2)13-6-7-9-10-8-6/h3H2,1-2H3,(H,7,8,9,10). The molecule has 0 aliphatic rings. The van der Waals surface area contributed by atoms with E-state index in [2.05, 4.69) is 25.4 Å². The number of nitrogens with one attached hydrogen (secondary N) is 1. The maximum Gasteiger partial charge on any atom is 0.306 e. The Labute approximate surface area is 79.4 Å². The lowest BCUT2D eigenvalue weighted by Crippen LogP contribution is -2.03. The molecule has 71 valence electrons. The Hall–Kier alpha value is -1.11. The quantitative estimate of drug-likeness (QED) is 0.561. The molecule has 0 fully saturated rings. The van der Waals surface area contributed by atoms with Crippen molar-refractivity contribution in [2.24, 2.45) is 0 Å². The number of esters is 1. The highest BCUT2D eigenvalue weighted by Gasteiger charge is 2.12. The van der Waals surface area contributed by atoms with Crippen molar-refractivity contribution in [1.29, 1.82) is 0 Å². The van der Waals surface area contributed by atoms with Crippen LogP contribution in [0.4, 0.5) is 0 Å². The van der Waals surface area contributed by atoms with Crippen molar-refractivity contribution in [2.45, 2.75) is 18.5 Å². The summed E-state index contributed by atoms with van der Waals surface area (Å²) in [6.07, 6.45) is 0.266. The Morgan fingerprint density at radius 2 is 2.46 bits per heavy atom. The zero-order chi connectivity index (χ0) is 9.68. The van der Waals surface area contributed by atoms with Gasteiger partial charge in [0.2, 0.25) is 5.16 Å². The summed E-state index contributed by atoms with van der Waals surface area (Å²) in [6, 6.07) is 0. The van der Waals surface area contributed by atoms with Crippen LogP contribution >= 0.6 is 11.8 Å².